The Labute approximate surface area is 178 Å². The number of hydrogen-bond acceptors (Lipinski definition) is 2. The number of aryl methyl sites for hydroxylation is 1. The van der Waals surface area contributed by atoms with Gasteiger partial charge in [0.25, 0.3) is 0 Å². The number of hydrogen-bond donors (Lipinski definition) is 0. The van der Waals surface area contributed by atoms with E-state index in [1.165, 1.54) is 76.2 Å². The average molecular weight is 394 g/mol. The van der Waals surface area contributed by atoms with E-state index in [0.29, 0.717) is 6.10 Å². The van der Waals surface area contributed by atoms with Crippen LogP contribution in [0.3, 0.4) is 0 Å². The summed E-state index contributed by atoms with van der Waals surface area (Å²) in [5.41, 5.74) is 3.03. The molecule has 0 radical (unpaired) electrons. The summed E-state index contributed by atoms with van der Waals surface area (Å²) in [6, 6.07) is 11.5. The van der Waals surface area contributed by atoms with Gasteiger partial charge in [-0.25, -0.2) is 0 Å². The molecule has 0 amide bonds. The zero-order chi connectivity index (χ0) is 20.3. The first-order valence-corrected chi connectivity index (χ1v) is 12.0. The van der Waals surface area contributed by atoms with Crippen molar-refractivity contribution in [1.82, 2.24) is 0 Å². The van der Waals surface area contributed by atoms with Crippen LogP contribution in [0.15, 0.2) is 36.4 Å². The molecule has 2 aliphatic carbocycles. The number of nitriles is 1. The summed E-state index contributed by atoms with van der Waals surface area (Å²) in [4.78, 5) is 0. The fourth-order valence-electron chi connectivity index (χ4n) is 5.23. The Bertz CT molecular complexity index is 640. The maximum absolute atomic E-state index is 8.55. The molecule has 2 fully saturated rings. The van der Waals surface area contributed by atoms with Crippen molar-refractivity contribution in [2.45, 2.75) is 96.0 Å². The molecule has 1 aromatic rings. The summed E-state index contributed by atoms with van der Waals surface area (Å²) in [7, 11) is 0. The van der Waals surface area contributed by atoms with Gasteiger partial charge in [-0.2, -0.15) is 5.26 Å². The zero-order valence-electron chi connectivity index (χ0n) is 18.3. The Hall–Kier alpha value is -1.59. The first kappa shape index (κ1) is 22.1. The normalized spacial score (nSPS) is 27.7. The van der Waals surface area contributed by atoms with Crippen LogP contribution < -0.4 is 0 Å². The van der Waals surface area contributed by atoms with Gasteiger partial charge < -0.3 is 4.74 Å². The standard InChI is InChI=1S/C27H39NO/c1-2-6-22-8-14-25(15-9-22)26-16-10-24(11-17-26)21-29-27-18-12-23(13-19-27)7-4-3-5-20-28/h3,5,8-9,14-15,23-24,26-27H,2,4,6-7,10-13,16-19,21H2,1H3/b5-3+/t23-,24-,26-,27-. The number of ether oxygens (including phenoxy) is 1. The highest BCUT2D eigenvalue weighted by Gasteiger charge is 2.25. The van der Waals surface area contributed by atoms with Crippen molar-refractivity contribution in [2.75, 3.05) is 6.61 Å². The van der Waals surface area contributed by atoms with Crippen molar-refractivity contribution in [2.24, 2.45) is 11.8 Å². The molecule has 0 aliphatic heterocycles. The third kappa shape index (κ3) is 7.31. The molecule has 1 aromatic carbocycles. The molecule has 0 spiro atoms. The van der Waals surface area contributed by atoms with Gasteiger partial charge in [0.1, 0.15) is 0 Å². The van der Waals surface area contributed by atoms with Crippen LogP contribution in [0.4, 0.5) is 0 Å². The predicted octanol–water partition coefficient (Wildman–Crippen LogP) is 7.35. The van der Waals surface area contributed by atoms with E-state index in [2.05, 4.69) is 37.3 Å². The molecule has 3 rings (SSSR count). The SMILES string of the molecule is CCCc1ccc([C@H]2CC[C@H](CO[C@H]3CC[C@H](CC/C=C/C#N)CC3)CC2)cc1. The van der Waals surface area contributed by atoms with E-state index in [1.807, 2.05) is 6.08 Å². The van der Waals surface area contributed by atoms with Gasteiger partial charge in [-0.1, -0.05) is 43.7 Å². The molecule has 0 atom stereocenters. The van der Waals surface area contributed by atoms with E-state index in [0.717, 1.165) is 30.8 Å². The molecule has 2 aliphatic rings. The summed E-state index contributed by atoms with van der Waals surface area (Å²) in [6.45, 7) is 3.22. The monoisotopic (exact) mass is 393 g/mol. The minimum Gasteiger partial charge on any atom is -0.378 e. The Kier molecular flexibility index (Phi) is 9.29. The van der Waals surface area contributed by atoms with Crippen molar-refractivity contribution in [3.8, 4) is 6.07 Å². The molecule has 0 heterocycles. The van der Waals surface area contributed by atoms with Crippen molar-refractivity contribution in [3.63, 3.8) is 0 Å². The Morgan fingerprint density at radius 2 is 1.66 bits per heavy atom. The summed E-state index contributed by atoms with van der Waals surface area (Å²) in [5, 5.41) is 8.55. The van der Waals surface area contributed by atoms with Crippen LogP contribution in [0.1, 0.15) is 94.6 Å². The predicted molar refractivity (Wildman–Crippen MR) is 121 cm³/mol. The van der Waals surface area contributed by atoms with Gasteiger partial charge >= 0.3 is 0 Å². The van der Waals surface area contributed by atoms with Gasteiger partial charge in [0, 0.05) is 12.7 Å². The molecule has 0 aromatic heterocycles. The summed E-state index contributed by atoms with van der Waals surface area (Å²) in [5.74, 6) is 2.35. The third-order valence-electron chi connectivity index (χ3n) is 7.13. The van der Waals surface area contributed by atoms with Crippen molar-refractivity contribution < 1.29 is 4.74 Å². The van der Waals surface area contributed by atoms with E-state index in [-0.39, 0.29) is 0 Å². The van der Waals surface area contributed by atoms with Crippen molar-refractivity contribution >= 4 is 0 Å². The number of benzene rings is 1. The van der Waals surface area contributed by atoms with Crippen LogP contribution in [0.5, 0.6) is 0 Å². The highest BCUT2D eigenvalue weighted by atomic mass is 16.5. The smallest absolute Gasteiger partial charge is 0.0908 e. The van der Waals surface area contributed by atoms with Gasteiger partial charge in [-0.15, -0.1) is 0 Å². The first-order chi connectivity index (χ1) is 14.3. The van der Waals surface area contributed by atoms with E-state index < -0.39 is 0 Å². The van der Waals surface area contributed by atoms with Crippen LogP contribution >= 0.6 is 0 Å². The fourth-order valence-corrected chi connectivity index (χ4v) is 5.23. The minimum atomic E-state index is 0.490. The molecular formula is C27H39NO. The van der Waals surface area contributed by atoms with Crippen molar-refractivity contribution in [3.05, 3.63) is 47.5 Å². The second-order valence-electron chi connectivity index (χ2n) is 9.29. The second kappa shape index (κ2) is 12.2. The van der Waals surface area contributed by atoms with Gasteiger partial charge in [-0.05, 0) is 99.5 Å². The third-order valence-corrected chi connectivity index (χ3v) is 7.13. The molecule has 0 saturated heterocycles. The van der Waals surface area contributed by atoms with E-state index in [4.69, 9.17) is 10.00 Å². The molecule has 0 bridgehead atoms. The van der Waals surface area contributed by atoms with Gasteiger partial charge in [-0.3, -0.25) is 0 Å². The first-order valence-electron chi connectivity index (χ1n) is 12.0. The summed E-state index contributed by atoms with van der Waals surface area (Å²) in [6.07, 6.45) is 19.2. The quantitative estimate of drug-likeness (QED) is 0.411. The lowest BCUT2D eigenvalue weighted by Gasteiger charge is -2.32. The van der Waals surface area contributed by atoms with Crippen LogP contribution in [0.2, 0.25) is 0 Å². The Morgan fingerprint density at radius 3 is 2.31 bits per heavy atom. The average Bonchev–Trinajstić information content (AvgIpc) is 2.77. The fraction of sp³-hybridized carbons (Fsp3) is 0.667. The van der Waals surface area contributed by atoms with Crippen LogP contribution in [-0.2, 0) is 11.2 Å². The maximum Gasteiger partial charge on any atom is 0.0908 e. The molecule has 0 N–H and O–H groups in total. The van der Waals surface area contributed by atoms with Crippen LogP contribution in [-0.4, -0.2) is 12.7 Å². The lowest BCUT2D eigenvalue weighted by molar-refractivity contribution is -0.00824. The lowest BCUT2D eigenvalue weighted by Crippen LogP contribution is -2.25. The molecule has 29 heavy (non-hydrogen) atoms. The number of allylic oxidation sites excluding steroid dienone is 2. The Morgan fingerprint density at radius 1 is 0.966 bits per heavy atom. The number of rotatable bonds is 9. The van der Waals surface area contributed by atoms with Crippen molar-refractivity contribution in [1.29, 1.82) is 5.26 Å². The van der Waals surface area contributed by atoms with E-state index in [9.17, 15) is 0 Å². The molecule has 158 valence electrons. The molecule has 2 nitrogen and oxygen atoms in total. The summed E-state index contributed by atoms with van der Waals surface area (Å²) < 4.78 is 6.34. The molecule has 0 unspecified atom stereocenters. The van der Waals surface area contributed by atoms with E-state index in [1.54, 1.807) is 11.6 Å². The van der Waals surface area contributed by atoms with E-state index >= 15 is 0 Å². The molecule has 2 heteroatoms. The Balaban J connectivity index is 1.30. The van der Waals surface area contributed by atoms with Gasteiger partial charge in [0.05, 0.1) is 12.2 Å². The summed E-state index contributed by atoms with van der Waals surface area (Å²) >= 11 is 0. The largest absolute Gasteiger partial charge is 0.378 e. The second-order valence-corrected chi connectivity index (χ2v) is 9.29. The zero-order valence-corrected chi connectivity index (χ0v) is 18.3. The van der Waals surface area contributed by atoms with Gasteiger partial charge in [0.15, 0.2) is 0 Å². The van der Waals surface area contributed by atoms with Crippen LogP contribution in [0, 0.1) is 23.2 Å². The highest BCUT2D eigenvalue weighted by molar-refractivity contribution is 5.25. The molecular weight excluding hydrogens is 354 g/mol. The lowest BCUT2D eigenvalue weighted by atomic mass is 9.78. The highest BCUT2D eigenvalue weighted by Crippen LogP contribution is 2.37. The minimum absolute atomic E-state index is 0.490. The molecule has 2 saturated carbocycles. The van der Waals surface area contributed by atoms with Crippen LogP contribution in [0.25, 0.3) is 0 Å². The van der Waals surface area contributed by atoms with Gasteiger partial charge in [0.2, 0.25) is 0 Å². The topological polar surface area (TPSA) is 33.0 Å². The number of nitrogens with zero attached hydrogens (tertiary/aromatic N) is 1. The maximum atomic E-state index is 8.55.